The van der Waals surface area contributed by atoms with Crippen LogP contribution in [0.4, 0.5) is 0 Å². The fraction of sp³-hybridized carbons (Fsp3) is 0.857. The molecule has 1 amide bonds. The summed E-state index contributed by atoms with van der Waals surface area (Å²) in [5.41, 5.74) is 0. The maximum absolute atomic E-state index is 10.5. The van der Waals surface area contributed by atoms with Crippen LogP contribution in [0.5, 0.6) is 0 Å². The van der Waals surface area contributed by atoms with Gasteiger partial charge in [-0.25, -0.2) is 0 Å². The lowest BCUT2D eigenvalue weighted by atomic mass is 11.2. The van der Waals surface area contributed by atoms with E-state index in [-0.39, 0.29) is 0 Å². The summed E-state index contributed by atoms with van der Waals surface area (Å²) in [6, 6.07) is 0. The second-order valence-electron chi connectivity index (χ2n) is 3.30. The molecule has 13 heavy (non-hydrogen) atoms. The van der Waals surface area contributed by atoms with E-state index < -0.39 is 7.51 Å². The molecule has 0 saturated carbocycles. The van der Waals surface area contributed by atoms with Crippen molar-refractivity contribution in [3.8, 4) is 0 Å². The van der Waals surface area contributed by atoms with Crippen molar-refractivity contribution >= 4 is 13.9 Å². The van der Waals surface area contributed by atoms with Crippen molar-refractivity contribution in [2.24, 2.45) is 4.74 Å². The van der Waals surface area contributed by atoms with Gasteiger partial charge in [-0.15, -0.1) is 0 Å². The lowest BCUT2D eigenvalue weighted by Gasteiger charge is -2.40. The lowest BCUT2D eigenvalue weighted by molar-refractivity contribution is -0.106. The van der Waals surface area contributed by atoms with Crippen molar-refractivity contribution in [2.45, 2.75) is 0 Å². The predicted molar refractivity (Wildman–Crippen MR) is 56.5 cm³/mol. The van der Waals surface area contributed by atoms with Crippen LogP contribution in [-0.2, 0) is 4.79 Å². The maximum Gasteiger partial charge on any atom is 0.235 e. The smallest absolute Gasteiger partial charge is 0.235 e. The Kier molecular flexibility index (Phi) is 4.78. The second kappa shape index (κ2) is 4.86. The molecule has 0 saturated heterocycles. The molecule has 0 aliphatic carbocycles. The van der Waals surface area contributed by atoms with E-state index in [0.29, 0.717) is 6.41 Å². The SMILES string of the molecule is CN(C)P(=NC=O)(N(C)C)N(C)C. The van der Waals surface area contributed by atoms with Gasteiger partial charge in [0.05, 0.1) is 0 Å². The van der Waals surface area contributed by atoms with Crippen LogP contribution in [0.3, 0.4) is 0 Å². The molecule has 0 bridgehead atoms. The van der Waals surface area contributed by atoms with Gasteiger partial charge in [0.2, 0.25) is 6.41 Å². The topological polar surface area (TPSA) is 39.2 Å². The normalized spacial score (nSPS) is 12.7. The van der Waals surface area contributed by atoms with Crippen LogP contribution < -0.4 is 0 Å². The Morgan fingerprint density at radius 2 is 1.23 bits per heavy atom. The van der Waals surface area contributed by atoms with Gasteiger partial charge in [0, 0.05) is 0 Å². The monoisotopic (exact) mass is 206 g/mol. The van der Waals surface area contributed by atoms with Gasteiger partial charge in [-0.1, -0.05) is 0 Å². The predicted octanol–water partition coefficient (Wildman–Crippen LogP) is 0.774. The number of carbonyl (C=O) groups excluding carboxylic acids is 1. The molecule has 0 heterocycles. The van der Waals surface area contributed by atoms with E-state index in [1.54, 1.807) is 0 Å². The van der Waals surface area contributed by atoms with Crippen molar-refractivity contribution < 1.29 is 4.79 Å². The van der Waals surface area contributed by atoms with E-state index in [4.69, 9.17) is 0 Å². The standard InChI is InChI=1S/C7H19N4OP/c1-9(2)13(8-7-12,10(3)4)11(5)6/h7H,1-6H3. The third kappa shape index (κ3) is 2.38. The Morgan fingerprint density at radius 1 is 0.923 bits per heavy atom. The average Bonchev–Trinajstić information content (AvgIpc) is 1.97. The van der Waals surface area contributed by atoms with Gasteiger partial charge in [0.25, 0.3) is 0 Å². The second-order valence-corrected chi connectivity index (χ2v) is 7.00. The zero-order valence-corrected chi connectivity index (χ0v) is 10.1. The van der Waals surface area contributed by atoms with Crippen molar-refractivity contribution in [3.63, 3.8) is 0 Å². The number of hydrogen-bond donors (Lipinski definition) is 0. The Balaban J connectivity index is 5.32. The summed E-state index contributed by atoms with van der Waals surface area (Å²) in [5.74, 6) is 0. The summed E-state index contributed by atoms with van der Waals surface area (Å²) in [6.45, 7) is 0. The van der Waals surface area contributed by atoms with Gasteiger partial charge in [-0.05, 0) is 42.3 Å². The van der Waals surface area contributed by atoms with Crippen molar-refractivity contribution in [2.75, 3.05) is 42.3 Å². The molecule has 0 aromatic rings. The minimum atomic E-state index is -1.96. The van der Waals surface area contributed by atoms with Crippen LogP contribution in [0.1, 0.15) is 0 Å². The molecule has 0 unspecified atom stereocenters. The summed E-state index contributed by atoms with van der Waals surface area (Å²) in [4.78, 5) is 10.5. The van der Waals surface area contributed by atoms with Crippen LogP contribution in [-0.4, -0.2) is 62.7 Å². The van der Waals surface area contributed by atoms with Crippen LogP contribution in [0.15, 0.2) is 4.74 Å². The zero-order valence-electron chi connectivity index (χ0n) is 9.22. The molecule has 0 fully saturated rings. The molecule has 0 N–H and O–H groups in total. The summed E-state index contributed by atoms with van der Waals surface area (Å²) in [6.07, 6.45) is 0.633. The highest BCUT2D eigenvalue weighted by molar-refractivity contribution is 7.59. The molecular formula is C7H19N4OP. The fourth-order valence-corrected chi connectivity index (χ4v) is 4.34. The first-order chi connectivity index (χ1) is 5.89. The zero-order chi connectivity index (χ0) is 10.6. The van der Waals surface area contributed by atoms with E-state index in [2.05, 4.69) is 4.74 Å². The molecule has 78 valence electrons. The fourth-order valence-electron chi connectivity index (χ4n) is 1.45. The average molecular weight is 206 g/mol. The summed E-state index contributed by atoms with van der Waals surface area (Å²) >= 11 is 0. The number of amides is 1. The quantitative estimate of drug-likeness (QED) is 0.503. The number of carbonyl (C=O) groups is 1. The van der Waals surface area contributed by atoms with Crippen LogP contribution in [0.2, 0.25) is 0 Å². The van der Waals surface area contributed by atoms with Crippen LogP contribution in [0.25, 0.3) is 0 Å². The molecule has 0 atom stereocenters. The molecule has 0 aromatic carbocycles. The minimum absolute atomic E-state index is 0.633. The first kappa shape index (κ1) is 12.8. The Labute approximate surface area is 80.5 Å². The van der Waals surface area contributed by atoms with Gasteiger partial charge < -0.3 is 0 Å². The molecule has 0 radical (unpaired) electrons. The molecule has 0 spiro atoms. The van der Waals surface area contributed by atoms with E-state index in [9.17, 15) is 4.79 Å². The first-order valence-corrected chi connectivity index (χ1v) is 5.58. The molecular weight excluding hydrogens is 187 g/mol. The molecule has 0 aromatic heterocycles. The Morgan fingerprint density at radius 3 is 1.31 bits per heavy atom. The third-order valence-electron chi connectivity index (χ3n) is 1.81. The summed E-state index contributed by atoms with van der Waals surface area (Å²) < 4.78 is 10.0. The maximum atomic E-state index is 10.5. The van der Waals surface area contributed by atoms with E-state index in [1.165, 1.54) is 0 Å². The highest BCUT2D eigenvalue weighted by Gasteiger charge is 2.27. The number of nitrogens with zero attached hydrogens (tertiary/aromatic N) is 4. The number of rotatable bonds is 4. The van der Waals surface area contributed by atoms with E-state index in [0.717, 1.165) is 0 Å². The third-order valence-corrected chi connectivity index (χ3v) is 5.44. The van der Waals surface area contributed by atoms with Crippen LogP contribution in [0, 0.1) is 0 Å². The summed E-state index contributed by atoms with van der Waals surface area (Å²) in [7, 11) is 9.63. The lowest BCUT2D eigenvalue weighted by Crippen LogP contribution is -2.30. The highest BCUT2D eigenvalue weighted by atomic mass is 31.2. The van der Waals surface area contributed by atoms with Gasteiger partial charge in [-0.2, -0.15) is 4.74 Å². The minimum Gasteiger partial charge on any atom is -0.276 e. The number of hydrogen-bond acceptors (Lipinski definition) is 1. The molecule has 5 nitrogen and oxygen atoms in total. The Bertz CT molecular complexity index is 196. The Hall–Kier alpha value is -0.220. The molecule has 0 aliphatic rings. The van der Waals surface area contributed by atoms with Gasteiger partial charge >= 0.3 is 0 Å². The summed E-state index contributed by atoms with van der Waals surface area (Å²) in [5, 5.41) is 0. The van der Waals surface area contributed by atoms with Gasteiger partial charge in [-0.3, -0.25) is 18.8 Å². The van der Waals surface area contributed by atoms with Crippen molar-refractivity contribution in [1.82, 2.24) is 14.0 Å². The van der Waals surface area contributed by atoms with Crippen LogP contribution >= 0.6 is 7.51 Å². The molecule has 0 rings (SSSR count). The van der Waals surface area contributed by atoms with Gasteiger partial charge in [0.1, 0.15) is 0 Å². The largest absolute Gasteiger partial charge is 0.276 e. The van der Waals surface area contributed by atoms with Crippen molar-refractivity contribution in [3.05, 3.63) is 0 Å². The molecule has 0 aliphatic heterocycles. The van der Waals surface area contributed by atoms with E-state index >= 15 is 0 Å². The first-order valence-electron chi connectivity index (χ1n) is 3.98. The van der Waals surface area contributed by atoms with E-state index in [1.807, 2.05) is 56.3 Å². The highest BCUT2D eigenvalue weighted by Crippen LogP contribution is 2.54. The van der Waals surface area contributed by atoms with Crippen molar-refractivity contribution in [1.29, 1.82) is 0 Å². The van der Waals surface area contributed by atoms with Gasteiger partial charge in [0.15, 0.2) is 7.51 Å². The molecule has 6 heteroatoms.